The van der Waals surface area contributed by atoms with Crippen LogP contribution in [0.3, 0.4) is 0 Å². The van der Waals surface area contributed by atoms with E-state index in [1.54, 1.807) is 0 Å². The van der Waals surface area contributed by atoms with Gasteiger partial charge >= 0.3 is 20.0 Å². The number of hydrogen-bond donors (Lipinski definition) is 0. The molecule has 0 heterocycles. The minimum atomic E-state index is 0. The van der Waals surface area contributed by atoms with Crippen LogP contribution in [0.25, 0.3) is 0 Å². The molecular weight excluding hydrogens is 275 g/mol. The second kappa shape index (κ2) is 21.9. The van der Waals surface area contributed by atoms with Gasteiger partial charge in [-0.25, -0.2) is 0 Å². The molecule has 4 heteroatoms. The molecule has 0 aromatic rings. The van der Waals surface area contributed by atoms with Gasteiger partial charge in [-0.3, -0.25) is 0 Å². The zero-order valence-electron chi connectivity index (χ0n) is 2.02. The van der Waals surface area contributed by atoms with E-state index in [4.69, 9.17) is 3.80 Å². The molecule has 0 spiro atoms. The minimum Gasteiger partial charge on any atom is 0 e. The average Bonchev–Trinajstić information content (AvgIpc) is 1.00. The Morgan fingerprint density at radius 3 is 1.25 bits per heavy atom. The summed E-state index contributed by atoms with van der Waals surface area (Å²) in [5, 5.41) is 0. The smallest absolute Gasteiger partial charge is 0 e. The molecule has 4 heavy (non-hydrogen) atoms. The molecule has 0 saturated heterocycles. The molecule has 0 radical (unpaired) electrons. The fraction of sp³-hybridized carbons (Fsp3) is 0. The first-order valence-corrected chi connectivity index (χ1v) is 0.866. The molecule has 0 aromatic carbocycles. The van der Waals surface area contributed by atoms with Crippen molar-refractivity contribution in [3.63, 3.8) is 0 Å². The zero-order chi connectivity index (χ0) is 2.00. The molecule has 20 valence electrons. The van der Waals surface area contributed by atoms with Gasteiger partial charge in [-0.2, -0.15) is 0 Å². The summed E-state index contributed by atoms with van der Waals surface area (Å²) in [7, 11) is 0. The van der Waals surface area contributed by atoms with Gasteiger partial charge in [-0.1, -0.05) is 0 Å². The predicted octanol–water partition coefficient (Wildman–Crippen LogP) is -0.772. The van der Waals surface area contributed by atoms with E-state index in [1.807, 2.05) is 0 Å². The summed E-state index contributed by atoms with van der Waals surface area (Å²) >= 11 is 0.611. The third kappa shape index (κ3) is 9.28. The van der Waals surface area contributed by atoms with E-state index in [0.717, 1.165) is 0 Å². The minimum absolute atomic E-state index is 0. The summed E-state index contributed by atoms with van der Waals surface area (Å²) in [6, 6.07) is 0. The molecule has 0 rings (SSSR count). The summed E-state index contributed by atoms with van der Waals surface area (Å²) in [5.74, 6) is 0. The maximum absolute atomic E-state index is 8.28. The van der Waals surface area contributed by atoms with Gasteiger partial charge in [0.1, 0.15) is 0 Å². The van der Waals surface area contributed by atoms with Crippen molar-refractivity contribution in [2.75, 3.05) is 0 Å². The van der Waals surface area contributed by atoms with Gasteiger partial charge in [-0.15, -0.1) is 0 Å². The van der Waals surface area contributed by atoms with Crippen LogP contribution in [-0.2, 0) is 46.6 Å². The van der Waals surface area contributed by atoms with Crippen LogP contribution >= 0.6 is 0 Å². The van der Waals surface area contributed by atoms with Gasteiger partial charge < -0.3 is 0 Å². The van der Waals surface area contributed by atoms with Crippen molar-refractivity contribution < 1.29 is 46.6 Å². The Kier molecular flexibility index (Phi) is 94.3. The average molecular weight is 276 g/mol. The number of hydrogen-bond acceptors (Lipinski definition) is 1. The fourth-order valence-corrected chi connectivity index (χ4v) is 0. The van der Waals surface area contributed by atoms with E-state index in [2.05, 4.69) is 0 Å². The van der Waals surface area contributed by atoms with E-state index in [9.17, 15) is 0 Å². The number of rotatable bonds is 0. The zero-order valence-corrected chi connectivity index (χ0v) is 7.93. The summed E-state index contributed by atoms with van der Waals surface area (Å²) in [5.41, 5.74) is 0. The Labute approximate surface area is 62.3 Å². The van der Waals surface area contributed by atoms with Crippen LogP contribution < -0.4 is 0 Å². The van der Waals surface area contributed by atoms with Crippen LogP contribution in [0.15, 0.2) is 0 Å². The van der Waals surface area contributed by atoms with E-state index in [0.29, 0.717) is 16.2 Å². The van der Waals surface area contributed by atoms with E-state index in [1.165, 1.54) is 0 Å². The van der Waals surface area contributed by atoms with Crippen molar-refractivity contribution in [1.82, 2.24) is 0 Å². The summed E-state index contributed by atoms with van der Waals surface area (Å²) in [6.45, 7) is 0. The molecule has 1 nitrogen and oxygen atoms in total. The van der Waals surface area contributed by atoms with Crippen molar-refractivity contribution in [2.24, 2.45) is 0 Å². The summed E-state index contributed by atoms with van der Waals surface area (Å²) in [6.07, 6.45) is 0. The Bertz CT molecular complexity index is 8.00. The first-order valence-electron chi connectivity index (χ1n) is 0.289. The Hall–Kier alpha value is 1.74. The molecule has 0 saturated carbocycles. The predicted molar refractivity (Wildman–Crippen MR) is 7.84 cm³/mol. The summed E-state index contributed by atoms with van der Waals surface area (Å²) in [4.78, 5) is 0. The second-order valence-corrected chi connectivity index (χ2v) is 0. The normalized spacial score (nSPS) is 0.750. The third-order valence-corrected chi connectivity index (χ3v) is 0. The van der Waals surface area contributed by atoms with Gasteiger partial charge in [0.05, 0.1) is 0 Å². The van der Waals surface area contributed by atoms with E-state index in [-0.39, 0.29) is 42.8 Å². The third-order valence-electron chi connectivity index (χ3n) is 0. The molecule has 0 aromatic heterocycles. The molecule has 0 aliphatic rings. The van der Waals surface area contributed by atoms with Crippen molar-refractivity contribution in [3.8, 4) is 0 Å². The molecule has 0 fully saturated rings. The molecule has 0 aliphatic carbocycles. The molecule has 0 N–H and O–H groups in total. The van der Waals surface area contributed by atoms with Crippen LogP contribution in [0.4, 0.5) is 0 Å². The molecule has 0 bridgehead atoms. The van der Waals surface area contributed by atoms with Crippen LogP contribution in [-0.4, -0.2) is 16.2 Å². The van der Waals surface area contributed by atoms with Crippen molar-refractivity contribution in [1.29, 1.82) is 0 Å². The van der Waals surface area contributed by atoms with Gasteiger partial charge in [0.25, 0.3) is 0 Å². The van der Waals surface area contributed by atoms with Crippen LogP contribution in [0.1, 0.15) is 0 Å². The van der Waals surface area contributed by atoms with Gasteiger partial charge in [0, 0.05) is 42.8 Å². The molecule has 0 unspecified atom stereocenters. The maximum Gasteiger partial charge on any atom is 0 e. The van der Waals surface area contributed by atoms with Crippen molar-refractivity contribution >= 4 is 16.2 Å². The van der Waals surface area contributed by atoms with E-state index >= 15 is 0 Å². The first-order chi connectivity index (χ1) is 1.00. The molecular formula is HAlOTiW. The van der Waals surface area contributed by atoms with Gasteiger partial charge in [-0.05, 0) is 0 Å². The Morgan fingerprint density at radius 1 is 1.25 bits per heavy atom. The largest absolute Gasteiger partial charge is 0 e. The van der Waals surface area contributed by atoms with Crippen molar-refractivity contribution in [3.05, 3.63) is 0 Å². The van der Waals surface area contributed by atoms with Gasteiger partial charge in [0.2, 0.25) is 0 Å². The Balaban J connectivity index is -0.00000000500. The summed E-state index contributed by atoms with van der Waals surface area (Å²) < 4.78 is 8.28. The van der Waals surface area contributed by atoms with E-state index < -0.39 is 0 Å². The maximum atomic E-state index is 8.28. The Morgan fingerprint density at radius 2 is 1.25 bits per heavy atom. The first kappa shape index (κ1) is 17.2. The van der Waals surface area contributed by atoms with Crippen LogP contribution in [0, 0.1) is 0 Å². The topological polar surface area (TPSA) is 17.1 Å². The second-order valence-electron chi connectivity index (χ2n) is 0. The van der Waals surface area contributed by atoms with Crippen LogP contribution in [0.5, 0.6) is 0 Å². The molecule has 0 aliphatic heterocycles. The van der Waals surface area contributed by atoms with Gasteiger partial charge in [0.15, 0.2) is 0 Å². The SMILES string of the molecule is [O]=[AlH].[Ti].[W]. The standard InChI is InChI=1S/Al.O.Ti.W.H. The fourth-order valence-electron chi connectivity index (χ4n) is 0. The monoisotopic (exact) mass is 276 g/mol. The van der Waals surface area contributed by atoms with Crippen molar-refractivity contribution in [2.45, 2.75) is 0 Å². The van der Waals surface area contributed by atoms with Crippen LogP contribution in [0.2, 0.25) is 0 Å². The quantitative estimate of drug-likeness (QED) is 0.531. The molecule has 0 amide bonds. The molecule has 0 atom stereocenters.